The molecule has 0 amide bonds. The standard InChI is InChI=1S/C16H17N9/c1-18-10-2-3-11(24-5-4-20-15(10)24)13-12-14(17)21-8-22-16(12)25(23-13)9-6-19-7-9/h2-5,8-9,18-19H,6-7H2,1H3,(H2,17,21,22). The largest absolute Gasteiger partial charge is 0.385 e. The Bertz CT molecular complexity index is 1090. The molecule has 25 heavy (non-hydrogen) atoms. The average Bonchev–Trinajstić information content (AvgIpc) is 3.19. The van der Waals surface area contributed by atoms with Gasteiger partial charge in [0.1, 0.15) is 17.8 Å². The number of rotatable bonds is 3. The number of anilines is 2. The van der Waals surface area contributed by atoms with Gasteiger partial charge < -0.3 is 16.4 Å². The minimum atomic E-state index is 0.278. The lowest BCUT2D eigenvalue weighted by Crippen LogP contribution is -2.43. The Morgan fingerprint density at radius 3 is 2.84 bits per heavy atom. The van der Waals surface area contributed by atoms with Gasteiger partial charge in [-0.2, -0.15) is 5.10 Å². The van der Waals surface area contributed by atoms with Gasteiger partial charge in [-0.3, -0.25) is 4.40 Å². The SMILES string of the molecule is CNc1ccc(-c2nn(C3CNC3)c3ncnc(N)c23)n2ccnc12. The summed E-state index contributed by atoms with van der Waals surface area (Å²) < 4.78 is 3.96. The van der Waals surface area contributed by atoms with Crippen molar-refractivity contribution in [3.05, 3.63) is 30.9 Å². The van der Waals surface area contributed by atoms with E-state index < -0.39 is 0 Å². The van der Waals surface area contributed by atoms with Crippen LogP contribution in [0.3, 0.4) is 0 Å². The maximum Gasteiger partial charge on any atom is 0.164 e. The molecule has 5 rings (SSSR count). The van der Waals surface area contributed by atoms with Crippen molar-refractivity contribution in [3.8, 4) is 11.4 Å². The Morgan fingerprint density at radius 1 is 1.20 bits per heavy atom. The van der Waals surface area contributed by atoms with Gasteiger partial charge in [0.05, 0.1) is 22.8 Å². The molecule has 0 aromatic carbocycles. The number of fused-ring (bicyclic) bond motifs is 2. The summed E-state index contributed by atoms with van der Waals surface area (Å²) in [6.45, 7) is 1.75. The van der Waals surface area contributed by atoms with E-state index in [0.717, 1.165) is 46.8 Å². The fourth-order valence-corrected chi connectivity index (χ4v) is 3.28. The van der Waals surface area contributed by atoms with Crippen molar-refractivity contribution in [1.82, 2.24) is 34.4 Å². The first-order chi connectivity index (χ1) is 12.3. The van der Waals surface area contributed by atoms with Gasteiger partial charge in [0.15, 0.2) is 11.3 Å². The number of imidazole rings is 1. The highest BCUT2D eigenvalue weighted by molar-refractivity contribution is 5.98. The van der Waals surface area contributed by atoms with Crippen molar-refractivity contribution >= 4 is 28.2 Å². The van der Waals surface area contributed by atoms with Crippen LogP contribution in [0.2, 0.25) is 0 Å². The van der Waals surface area contributed by atoms with Crippen molar-refractivity contribution in [2.24, 2.45) is 0 Å². The molecule has 9 nitrogen and oxygen atoms in total. The van der Waals surface area contributed by atoms with E-state index in [-0.39, 0.29) is 6.04 Å². The predicted molar refractivity (Wildman–Crippen MR) is 95.4 cm³/mol. The zero-order valence-electron chi connectivity index (χ0n) is 13.6. The fraction of sp³-hybridized carbons (Fsp3) is 0.250. The van der Waals surface area contributed by atoms with E-state index in [0.29, 0.717) is 5.82 Å². The molecular formula is C16H17N9. The Labute approximate surface area is 142 Å². The van der Waals surface area contributed by atoms with E-state index in [1.807, 2.05) is 34.5 Å². The zero-order valence-corrected chi connectivity index (χ0v) is 13.6. The van der Waals surface area contributed by atoms with Crippen LogP contribution in [0.4, 0.5) is 11.5 Å². The van der Waals surface area contributed by atoms with Crippen molar-refractivity contribution in [3.63, 3.8) is 0 Å². The van der Waals surface area contributed by atoms with E-state index in [4.69, 9.17) is 10.8 Å². The van der Waals surface area contributed by atoms with Gasteiger partial charge in [-0.25, -0.2) is 19.6 Å². The average molecular weight is 335 g/mol. The highest BCUT2D eigenvalue weighted by Gasteiger charge is 2.26. The van der Waals surface area contributed by atoms with Crippen LogP contribution in [0.1, 0.15) is 6.04 Å². The second-order valence-electron chi connectivity index (χ2n) is 6.07. The van der Waals surface area contributed by atoms with Gasteiger partial charge >= 0.3 is 0 Å². The number of nitrogens with one attached hydrogen (secondary N) is 2. The minimum absolute atomic E-state index is 0.278. The van der Waals surface area contributed by atoms with Crippen molar-refractivity contribution in [2.45, 2.75) is 6.04 Å². The molecule has 0 spiro atoms. The second-order valence-corrected chi connectivity index (χ2v) is 6.07. The third-order valence-electron chi connectivity index (χ3n) is 4.68. The van der Waals surface area contributed by atoms with Crippen molar-refractivity contribution < 1.29 is 0 Å². The first-order valence-electron chi connectivity index (χ1n) is 8.11. The molecule has 0 atom stereocenters. The highest BCUT2D eigenvalue weighted by Crippen LogP contribution is 2.33. The molecular weight excluding hydrogens is 318 g/mol. The molecule has 4 aromatic rings. The smallest absolute Gasteiger partial charge is 0.164 e. The van der Waals surface area contributed by atoms with Crippen LogP contribution >= 0.6 is 0 Å². The third-order valence-corrected chi connectivity index (χ3v) is 4.68. The number of nitrogens with zero attached hydrogens (tertiary/aromatic N) is 6. The fourth-order valence-electron chi connectivity index (χ4n) is 3.28. The summed E-state index contributed by atoms with van der Waals surface area (Å²) in [6, 6.07) is 4.28. The normalized spacial score (nSPS) is 14.9. The molecule has 5 heterocycles. The molecule has 126 valence electrons. The van der Waals surface area contributed by atoms with Crippen LogP contribution in [0.5, 0.6) is 0 Å². The van der Waals surface area contributed by atoms with E-state index in [2.05, 4.69) is 25.6 Å². The van der Waals surface area contributed by atoms with Gasteiger partial charge in [-0.1, -0.05) is 0 Å². The first-order valence-corrected chi connectivity index (χ1v) is 8.11. The quantitative estimate of drug-likeness (QED) is 0.510. The molecule has 0 radical (unpaired) electrons. The maximum absolute atomic E-state index is 6.19. The summed E-state index contributed by atoms with van der Waals surface area (Å²) in [7, 11) is 1.88. The summed E-state index contributed by atoms with van der Waals surface area (Å²) in [5, 5.41) is 12.1. The summed E-state index contributed by atoms with van der Waals surface area (Å²) in [5.74, 6) is 0.435. The van der Waals surface area contributed by atoms with Gasteiger partial charge in [0, 0.05) is 32.5 Å². The monoisotopic (exact) mass is 335 g/mol. The van der Waals surface area contributed by atoms with Crippen LogP contribution in [-0.4, -0.2) is 49.3 Å². The van der Waals surface area contributed by atoms with E-state index in [9.17, 15) is 0 Å². The molecule has 1 saturated heterocycles. The van der Waals surface area contributed by atoms with Crippen molar-refractivity contribution in [1.29, 1.82) is 0 Å². The molecule has 1 aliphatic heterocycles. The van der Waals surface area contributed by atoms with Gasteiger partial charge in [0.2, 0.25) is 0 Å². The van der Waals surface area contributed by atoms with Crippen LogP contribution < -0.4 is 16.4 Å². The summed E-state index contributed by atoms with van der Waals surface area (Å²) in [6.07, 6.45) is 5.18. The van der Waals surface area contributed by atoms with Crippen LogP contribution in [0.25, 0.3) is 28.1 Å². The molecule has 0 unspecified atom stereocenters. The lowest BCUT2D eigenvalue weighted by atomic mass is 10.2. The Balaban J connectivity index is 1.83. The molecule has 4 aromatic heterocycles. The second kappa shape index (κ2) is 5.15. The lowest BCUT2D eigenvalue weighted by Gasteiger charge is -2.27. The maximum atomic E-state index is 6.19. The molecule has 0 aliphatic carbocycles. The molecule has 0 saturated carbocycles. The van der Waals surface area contributed by atoms with Crippen LogP contribution in [-0.2, 0) is 0 Å². The number of aromatic nitrogens is 6. The number of hydrogen-bond donors (Lipinski definition) is 3. The number of nitrogens with two attached hydrogens (primary N) is 1. The van der Waals surface area contributed by atoms with Crippen molar-refractivity contribution in [2.75, 3.05) is 31.2 Å². The highest BCUT2D eigenvalue weighted by atomic mass is 15.4. The summed E-state index contributed by atoms with van der Waals surface area (Å²) in [4.78, 5) is 13.0. The van der Waals surface area contributed by atoms with E-state index in [1.54, 1.807) is 6.20 Å². The number of pyridine rings is 1. The van der Waals surface area contributed by atoms with Crippen LogP contribution in [0.15, 0.2) is 30.9 Å². The topological polar surface area (TPSA) is 111 Å². The van der Waals surface area contributed by atoms with E-state index >= 15 is 0 Å². The number of hydrogen-bond acceptors (Lipinski definition) is 7. The molecule has 0 bridgehead atoms. The summed E-state index contributed by atoms with van der Waals surface area (Å²) in [5.41, 5.74) is 10.4. The molecule has 4 N–H and O–H groups in total. The lowest BCUT2D eigenvalue weighted by molar-refractivity contribution is 0.325. The molecule has 1 fully saturated rings. The van der Waals surface area contributed by atoms with E-state index in [1.165, 1.54) is 6.33 Å². The number of nitrogen functional groups attached to an aromatic ring is 1. The molecule has 9 heteroatoms. The Kier molecular flexibility index (Phi) is 2.92. The Hall–Kier alpha value is -3.20. The van der Waals surface area contributed by atoms with Gasteiger partial charge in [-0.15, -0.1) is 0 Å². The zero-order chi connectivity index (χ0) is 17.0. The van der Waals surface area contributed by atoms with Gasteiger partial charge in [-0.05, 0) is 12.1 Å². The predicted octanol–water partition coefficient (Wildman–Crippen LogP) is 0.909. The third kappa shape index (κ3) is 1.92. The first kappa shape index (κ1) is 14.2. The Morgan fingerprint density at radius 2 is 2.08 bits per heavy atom. The summed E-state index contributed by atoms with van der Waals surface area (Å²) >= 11 is 0. The van der Waals surface area contributed by atoms with Crippen LogP contribution in [0, 0.1) is 0 Å². The van der Waals surface area contributed by atoms with Gasteiger partial charge in [0.25, 0.3) is 0 Å². The molecule has 1 aliphatic rings. The minimum Gasteiger partial charge on any atom is -0.385 e.